The van der Waals surface area contributed by atoms with E-state index in [1.807, 2.05) is 72.8 Å². The summed E-state index contributed by atoms with van der Waals surface area (Å²) in [6.07, 6.45) is 0. The molecule has 0 unspecified atom stereocenters. The average Bonchev–Trinajstić information content (AvgIpc) is 2.68. The predicted molar refractivity (Wildman–Crippen MR) is 117 cm³/mol. The summed E-state index contributed by atoms with van der Waals surface area (Å²) in [7, 11) is 9.78. The first-order chi connectivity index (χ1) is 13.4. The van der Waals surface area contributed by atoms with E-state index in [1.165, 1.54) is 0 Å². The van der Waals surface area contributed by atoms with E-state index in [2.05, 4.69) is 20.8 Å². The van der Waals surface area contributed by atoms with Crippen LogP contribution in [0.3, 0.4) is 0 Å². The summed E-state index contributed by atoms with van der Waals surface area (Å²) in [5, 5.41) is 10.5. The Labute approximate surface area is 183 Å². The number of halogens is 2. The van der Waals surface area contributed by atoms with E-state index in [1.54, 1.807) is 6.07 Å². The van der Waals surface area contributed by atoms with Gasteiger partial charge in [-0.1, -0.05) is 75.4 Å². The third kappa shape index (κ3) is 6.49. The molecule has 0 spiro atoms. The normalized spacial score (nSPS) is 11.4. The molecule has 0 atom stereocenters. The fraction of sp³-hybridized carbons (Fsp3) is 0.174. The van der Waals surface area contributed by atoms with Crippen LogP contribution in [0.4, 0.5) is 5.69 Å². The Balaban J connectivity index is 0.000000878. The first-order valence-corrected chi connectivity index (χ1v) is 13.2. The number of phenols is 1. The Morgan fingerprint density at radius 3 is 1.93 bits per heavy atom. The number of hydrogen-bond acceptors (Lipinski definition) is 2. The van der Waals surface area contributed by atoms with Crippen LogP contribution in [-0.4, -0.2) is 10.8 Å². The third-order valence-electron chi connectivity index (χ3n) is 4.16. The topological polar surface area (TPSA) is 32.6 Å². The molecule has 0 aliphatic heterocycles. The van der Waals surface area contributed by atoms with Gasteiger partial charge in [-0.15, -0.1) is 0 Å². The summed E-state index contributed by atoms with van der Waals surface area (Å²) in [5.74, 6) is 0.242. The molecule has 28 heavy (non-hydrogen) atoms. The minimum atomic E-state index is -0.556. The van der Waals surface area contributed by atoms with Crippen molar-refractivity contribution >= 4 is 30.0 Å². The Kier molecular flexibility index (Phi) is 8.78. The summed E-state index contributed by atoms with van der Waals surface area (Å²) in [6, 6.07) is 25.6. The van der Waals surface area contributed by atoms with Crippen LogP contribution in [0.2, 0.25) is 0 Å². The maximum atomic E-state index is 10.5. The van der Waals surface area contributed by atoms with Crippen LogP contribution in [0.5, 0.6) is 5.75 Å². The number of nitrogens with zero attached hydrogens (tertiary/aromatic N) is 1. The molecule has 0 aliphatic rings. The van der Waals surface area contributed by atoms with E-state index >= 15 is 0 Å². The van der Waals surface area contributed by atoms with Crippen LogP contribution < -0.4 is 0 Å². The molecule has 0 aliphatic carbocycles. The van der Waals surface area contributed by atoms with Crippen LogP contribution in [0.1, 0.15) is 37.5 Å². The Morgan fingerprint density at radius 1 is 0.857 bits per heavy atom. The van der Waals surface area contributed by atoms with Crippen molar-refractivity contribution in [1.82, 2.24) is 0 Å². The zero-order valence-corrected chi connectivity index (χ0v) is 19.2. The molecule has 3 aromatic rings. The summed E-state index contributed by atoms with van der Waals surface area (Å²) < 4.78 is 0. The van der Waals surface area contributed by atoms with Crippen molar-refractivity contribution in [2.45, 2.75) is 26.2 Å². The zero-order chi connectivity index (χ0) is 20.6. The molecule has 0 bridgehead atoms. The van der Waals surface area contributed by atoms with Crippen LogP contribution in [0.25, 0.3) is 0 Å². The van der Waals surface area contributed by atoms with Crippen molar-refractivity contribution in [3.8, 4) is 5.75 Å². The van der Waals surface area contributed by atoms with Gasteiger partial charge in [0, 0.05) is 11.1 Å². The Morgan fingerprint density at radius 2 is 1.39 bits per heavy atom. The number of benzene rings is 3. The molecule has 0 fully saturated rings. The van der Waals surface area contributed by atoms with Crippen LogP contribution >= 0.6 is 18.6 Å². The van der Waals surface area contributed by atoms with E-state index in [0.717, 1.165) is 28.1 Å². The molecule has 0 aromatic heterocycles. The predicted octanol–water partition coefficient (Wildman–Crippen LogP) is 7.24. The summed E-state index contributed by atoms with van der Waals surface area (Å²) >= 11 is -0.556. The molecular weight excluding hydrogens is 425 g/mol. The van der Waals surface area contributed by atoms with E-state index < -0.39 is 17.0 Å². The van der Waals surface area contributed by atoms with Crippen molar-refractivity contribution in [3.63, 3.8) is 0 Å². The summed E-state index contributed by atoms with van der Waals surface area (Å²) in [5.41, 5.74) is 4.53. The van der Waals surface area contributed by atoms with Crippen molar-refractivity contribution in [2.24, 2.45) is 4.99 Å². The Bertz CT molecular complexity index is 907. The van der Waals surface area contributed by atoms with Crippen LogP contribution in [-0.2, 0) is 22.4 Å². The van der Waals surface area contributed by atoms with Gasteiger partial charge in [-0.05, 0) is 35.2 Å². The van der Waals surface area contributed by atoms with Crippen molar-refractivity contribution in [1.29, 1.82) is 0 Å². The second-order valence-electron chi connectivity index (χ2n) is 7.22. The summed E-state index contributed by atoms with van der Waals surface area (Å²) in [6.45, 7) is 6.50. The molecule has 3 aromatic carbocycles. The van der Waals surface area contributed by atoms with Gasteiger partial charge in [0.1, 0.15) is 5.75 Å². The molecule has 1 N–H and O–H groups in total. The zero-order valence-electron chi connectivity index (χ0n) is 16.2. The number of aromatic hydroxyl groups is 1. The molecule has 0 saturated heterocycles. The summed E-state index contributed by atoms with van der Waals surface area (Å²) in [4.78, 5) is 4.84. The quantitative estimate of drug-likeness (QED) is 0.333. The number of phenolic OH excluding ortho intramolecular Hbond substituents is 1. The van der Waals surface area contributed by atoms with E-state index in [-0.39, 0.29) is 11.2 Å². The van der Waals surface area contributed by atoms with E-state index in [0.29, 0.717) is 0 Å². The second kappa shape index (κ2) is 10.8. The fourth-order valence-corrected chi connectivity index (χ4v) is 2.70. The number of para-hydroxylation sites is 1. The molecule has 0 saturated carbocycles. The maximum absolute atomic E-state index is 10.5. The molecule has 2 nitrogen and oxygen atoms in total. The van der Waals surface area contributed by atoms with Gasteiger partial charge < -0.3 is 5.11 Å². The number of hydrogen-bond donors (Lipinski definition) is 1. The van der Waals surface area contributed by atoms with Gasteiger partial charge in [-0.25, -0.2) is 4.99 Å². The second-order valence-corrected chi connectivity index (χ2v) is 9.79. The van der Waals surface area contributed by atoms with Gasteiger partial charge in [0.2, 0.25) is 0 Å². The monoisotopic (exact) mass is 447 g/mol. The van der Waals surface area contributed by atoms with Crippen LogP contribution in [0.15, 0.2) is 83.9 Å². The molecule has 0 amide bonds. The van der Waals surface area contributed by atoms with Crippen LogP contribution in [0, 0.1) is 0 Å². The number of rotatable bonds is 3. The van der Waals surface area contributed by atoms with Gasteiger partial charge >= 0.3 is 35.6 Å². The molecule has 0 radical (unpaired) electrons. The van der Waals surface area contributed by atoms with Crippen molar-refractivity contribution < 1.29 is 22.1 Å². The standard InChI is InChI=1S/C23H23NO.2ClH.Ti/c1-23(2,3)18-14-15-21(25)20(16-18)22(17-10-6-4-7-11-17)24-19-12-8-5-9-13-19;;;/h4-16,25H,1-3H3;2*1H;/q;;;+2/p-2. The van der Waals surface area contributed by atoms with Gasteiger partial charge in [-0.2, -0.15) is 0 Å². The third-order valence-corrected chi connectivity index (χ3v) is 4.16. The molecule has 3 rings (SSSR count). The van der Waals surface area contributed by atoms with Crippen molar-refractivity contribution in [2.75, 3.05) is 0 Å². The van der Waals surface area contributed by atoms with Crippen molar-refractivity contribution in [3.05, 3.63) is 95.6 Å². The van der Waals surface area contributed by atoms with Gasteiger partial charge in [0.05, 0.1) is 11.4 Å². The SMILES string of the molecule is CC(C)(C)c1ccc(O)c(C(=Nc2ccccc2)c2ccccc2)c1.[Cl][Ti][Cl]. The van der Waals surface area contributed by atoms with Gasteiger partial charge in [-0.3, -0.25) is 0 Å². The fourth-order valence-electron chi connectivity index (χ4n) is 2.70. The van der Waals surface area contributed by atoms with E-state index in [4.69, 9.17) is 23.6 Å². The molecular formula is C23H23Cl2NOTi. The van der Waals surface area contributed by atoms with Gasteiger partial charge in [0.25, 0.3) is 0 Å². The molecule has 5 heteroatoms. The average molecular weight is 448 g/mol. The molecule has 0 heterocycles. The first-order valence-electron chi connectivity index (χ1n) is 8.86. The van der Waals surface area contributed by atoms with E-state index in [9.17, 15) is 5.11 Å². The minimum absolute atomic E-state index is 0.00298. The van der Waals surface area contributed by atoms with Gasteiger partial charge in [0.15, 0.2) is 0 Å². The first kappa shape index (κ1) is 22.7. The Hall–Kier alpha value is -1.58. The number of aliphatic imine (C=N–C) groups is 1. The molecule has 144 valence electrons.